The molecule has 5 rings (SSSR count). The van der Waals surface area contributed by atoms with Gasteiger partial charge in [0.25, 0.3) is 0 Å². The van der Waals surface area contributed by atoms with E-state index in [9.17, 15) is 4.39 Å². The summed E-state index contributed by atoms with van der Waals surface area (Å²) in [6, 6.07) is 8.67. The highest BCUT2D eigenvalue weighted by Crippen LogP contribution is 2.32. The third kappa shape index (κ3) is 10.0. The highest BCUT2D eigenvalue weighted by molar-refractivity contribution is 7.99. The normalized spacial score (nSPS) is 14.2. The average molecular weight is 514 g/mol. The number of aromatic nitrogens is 4. The number of benzene rings is 1. The van der Waals surface area contributed by atoms with Gasteiger partial charge in [0.15, 0.2) is 11.0 Å². The molecule has 36 heavy (non-hydrogen) atoms. The summed E-state index contributed by atoms with van der Waals surface area (Å²) in [6.45, 7) is 9.32. The van der Waals surface area contributed by atoms with Gasteiger partial charge < -0.3 is 16.0 Å². The lowest BCUT2D eigenvalue weighted by atomic mass is 10.3. The molecule has 7 nitrogen and oxygen atoms in total. The summed E-state index contributed by atoms with van der Waals surface area (Å²) in [5.41, 5.74) is 1.66. The number of aromatic amines is 1. The van der Waals surface area contributed by atoms with Crippen molar-refractivity contribution in [3.05, 3.63) is 41.8 Å². The molecule has 0 bridgehead atoms. The van der Waals surface area contributed by atoms with Crippen LogP contribution in [0.15, 0.2) is 40.4 Å². The van der Waals surface area contributed by atoms with Crippen molar-refractivity contribution in [1.29, 1.82) is 0 Å². The lowest BCUT2D eigenvalue weighted by Gasteiger charge is -2.10. The molecule has 3 aromatic rings. The van der Waals surface area contributed by atoms with Crippen LogP contribution in [0.5, 0.6) is 0 Å². The number of H-pyrrole nitrogens is 1. The van der Waals surface area contributed by atoms with Crippen molar-refractivity contribution in [3.8, 4) is 0 Å². The van der Waals surface area contributed by atoms with Gasteiger partial charge in [-0.05, 0) is 55.1 Å². The number of rotatable bonds is 9. The molecule has 0 spiro atoms. The third-order valence-corrected chi connectivity index (χ3v) is 6.70. The van der Waals surface area contributed by atoms with Crippen LogP contribution in [-0.2, 0) is 0 Å². The molecular weight excluding hydrogens is 473 g/mol. The number of aryl methyl sites for hydroxylation is 1. The van der Waals surface area contributed by atoms with E-state index in [4.69, 9.17) is 0 Å². The van der Waals surface area contributed by atoms with Crippen LogP contribution in [0.4, 0.5) is 27.5 Å². The Morgan fingerprint density at radius 1 is 1.03 bits per heavy atom. The predicted octanol–water partition coefficient (Wildman–Crippen LogP) is 7.63. The van der Waals surface area contributed by atoms with E-state index in [2.05, 4.69) is 56.9 Å². The zero-order valence-corrected chi connectivity index (χ0v) is 22.9. The molecule has 1 aromatic carbocycles. The van der Waals surface area contributed by atoms with Crippen molar-refractivity contribution in [2.45, 2.75) is 76.3 Å². The molecule has 2 aliphatic rings. The van der Waals surface area contributed by atoms with Crippen LogP contribution in [0, 0.1) is 24.6 Å². The zero-order chi connectivity index (χ0) is 25.9. The molecular formula is C27H40FN7S. The molecule has 0 unspecified atom stereocenters. The van der Waals surface area contributed by atoms with E-state index in [0.717, 1.165) is 30.5 Å². The van der Waals surface area contributed by atoms with Crippen LogP contribution < -0.4 is 16.0 Å². The predicted molar refractivity (Wildman–Crippen MR) is 149 cm³/mol. The van der Waals surface area contributed by atoms with Crippen molar-refractivity contribution in [1.82, 2.24) is 20.2 Å². The van der Waals surface area contributed by atoms with Crippen molar-refractivity contribution in [3.63, 3.8) is 0 Å². The Morgan fingerprint density at radius 2 is 1.75 bits per heavy atom. The molecule has 2 aromatic heterocycles. The smallest absolute Gasteiger partial charge is 0.196 e. The Balaban J connectivity index is 0.000000333. The number of hydrogen-bond donors (Lipinski definition) is 4. The van der Waals surface area contributed by atoms with Gasteiger partial charge in [-0.2, -0.15) is 5.10 Å². The maximum absolute atomic E-state index is 14.3. The number of hydrogen-bond acceptors (Lipinski definition) is 7. The third-order valence-electron chi connectivity index (χ3n) is 5.79. The van der Waals surface area contributed by atoms with Gasteiger partial charge in [-0.3, -0.25) is 5.10 Å². The van der Waals surface area contributed by atoms with E-state index in [-0.39, 0.29) is 5.82 Å². The maximum Gasteiger partial charge on any atom is 0.196 e. The van der Waals surface area contributed by atoms with Crippen LogP contribution in [0.2, 0.25) is 0 Å². The minimum absolute atomic E-state index is 0.320. The van der Waals surface area contributed by atoms with Crippen LogP contribution in [0.1, 0.15) is 65.0 Å². The Labute approximate surface area is 218 Å². The topological polar surface area (TPSA) is 90.5 Å². The Bertz CT molecular complexity index is 1080. The van der Waals surface area contributed by atoms with Crippen molar-refractivity contribution >= 4 is 34.9 Å². The van der Waals surface area contributed by atoms with E-state index in [1.54, 1.807) is 13.1 Å². The van der Waals surface area contributed by atoms with Crippen molar-refractivity contribution in [2.24, 2.45) is 11.8 Å². The molecule has 2 aliphatic carbocycles. The van der Waals surface area contributed by atoms with Crippen molar-refractivity contribution in [2.75, 3.05) is 29.5 Å². The molecule has 4 N–H and O–H groups in total. The summed E-state index contributed by atoms with van der Waals surface area (Å²) in [5.74, 6) is 3.82. The lowest BCUT2D eigenvalue weighted by Crippen LogP contribution is -2.05. The van der Waals surface area contributed by atoms with Gasteiger partial charge in [-0.25, -0.2) is 14.4 Å². The Kier molecular flexibility index (Phi) is 10.8. The average Bonchev–Trinajstić information content (AvgIpc) is 3.80. The van der Waals surface area contributed by atoms with Gasteiger partial charge >= 0.3 is 0 Å². The van der Waals surface area contributed by atoms with Crippen LogP contribution >= 0.6 is 11.8 Å². The van der Waals surface area contributed by atoms with Gasteiger partial charge in [-0.1, -0.05) is 52.9 Å². The van der Waals surface area contributed by atoms with E-state index >= 15 is 0 Å². The molecule has 0 aliphatic heterocycles. The molecule has 2 heterocycles. The van der Waals surface area contributed by atoms with E-state index in [0.29, 0.717) is 33.2 Å². The van der Waals surface area contributed by atoms with E-state index in [1.807, 2.05) is 25.1 Å². The Morgan fingerprint density at radius 3 is 2.25 bits per heavy atom. The minimum Gasteiger partial charge on any atom is -0.388 e. The molecule has 0 saturated heterocycles. The molecule has 2 saturated carbocycles. The molecule has 0 radical (unpaired) electrons. The zero-order valence-electron chi connectivity index (χ0n) is 22.1. The number of nitrogens with one attached hydrogen (secondary N) is 4. The standard InChI is InChI=1S/C18H22FN7S.C5H10.C4H8/c1-4-7-21-15-10-16(22-17-8-11(2)25-26-17)24-18(23-15)27-14-6-5-12(20-3)9-13(14)19;1-2-5-3-4-5;1-4-2-3-4/h5-6,8-10,20H,4,7H2,1-3H3,(H3,21,22,23,24,25,26);5H,2-4H2,1H3;4H,2-3H2,1H3. The molecule has 196 valence electrons. The fraction of sp³-hybridized carbons (Fsp3) is 0.519. The quantitative estimate of drug-likeness (QED) is 0.219. The minimum atomic E-state index is -0.320. The summed E-state index contributed by atoms with van der Waals surface area (Å²) >= 11 is 1.18. The largest absolute Gasteiger partial charge is 0.388 e. The summed E-state index contributed by atoms with van der Waals surface area (Å²) in [7, 11) is 1.75. The first-order valence-electron chi connectivity index (χ1n) is 13.0. The molecule has 9 heteroatoms. The Hall–Kier alpha value is -2.81. The van der Waals surface area contributed by atoms with E-state index in [1.165, 1.54) is 49.9 Å². The number of anilines is 4. The number of halogens is 1. The first-order chi connectivity index (χ1) is 17.4. The summed E-state index contributed by atoms with van der Waals surface area (Å²) in [5, 5.41) is 16.8. The van der Waals surface area contributed by atoms with Gasteiger partial charge in [0.1, 0.15) is 17.5 Å². The summed E-state index contributed by atoms with van der Waals surface area (Å²) in [4.78, 5) is 9.44. The van der Waals surface area contributed by atoms with E-state index < -0.39 is 0 Å². The van der Waals surface area contributed by atoms with Crippen LogP contribution in [0.3, 0.4) is 0 Å². The van der Waals surface area contributed by atoms with Gasteiger partial charge in [0.05, 0.1) is 4.90 Å². The second kappa shape index (κ2) is 14.1. The number of nitrogens with zero attached hydrogens (tertiary/aromatic N) is 3. The van der Waals surface area contributed by atoms with Crippen LogP contribution in [-0.4, -0.2) is 33.8 Å². The van der Waals surface area contributed by atoms with Gasteiger partial charge in [0, 0.05) is 37.1 Å². The first kappa shape index (κ1) is 27.8. The highest BCUT2D eigenvalue weighted by Gasteiger charge is 2.17. The fourth-order valence-corrected chi connectivity index (χ4v) is 3.80. The van der Waals surface area contributed by atoms with Crippen molar-refractivity contribution < 1.29 is 4.39 Å². The monoisotopic (exact) mass is 513 g/mol. The SMILES string of the molecule is CC1CC1.CCC1CC1.CCCNc1cc(Nc2cc(C)[nH]n2)nc(Sc2ccc(NC)cc2F)n1. The maximum atomic E-state index is 14.3. The summed E-state index contributed by atoms with van der Waals surface area (Å²) < 4.78 is 14.3. The second-order valence-corrected chi connectivity index (χ2v) is 10.4. The summed E-state index contributed by atoms with van der Waals surface area (Å²) in [6.07, 6.45) is 8.38. The van der Waals surface area contributed by atoms with Gasteiger partial charge in [0.2, 0.25) is 0 Å². The fourth-order valence-electron chi connectivity index (χ4n) is 3.02. The molecule has 0 atom stereocenters. The molecule has 0 amide bonds. The highest BCUT2D eigenvalue weighted by atomic mass is 32.2. The second-order valence-electron chi connectivity index (χ2n) is 9.44. The molecule has 2 fully saturated rings. The lowest BCUT2D eigenvalue weighted by molar-refractivity contribution is 0.602. The first-order valence-corrected chi connectivity index (χ1v) is 13.8. The van der Waals surface area contributed by atoms with Gasteiger partial charge in [-0.15, -0.1) is 0 Å². The van der Waals surface area contributed by atoms with Crippen LogP contribution in [0.25, 0.3) is 0 Å².